The number of carbonyl (C=O) groups is 3. The largest absolute Gasteiger partial charge is 0.477 e. The summed E-state index contributed by atoms with van der Waals surface area (Å²) in [5.74, 6) is -6.66. The number of hydrogen-bond acceptors (Lipinski definition) is 27. The molecule has 0 aromatic heterocycles. The Labute approximate surface area is 420 Å². The summed E-state index contributed by atoms with van der Waals surface area (Å²) < 4.78 is 74.5. The molecule has 0 unspecified atom stereocenters. The smallest absolute Gasteiger partial charge is 0.364 e. The fourth-order valence-electron chi connectivity index (χ4n) is 8.36. The van der Waals surface area contributed by atoms with Crippen LogP contribution in [0.25, 0.3) is 0 Å². The van der Waals surface area contributed by atoms with Crippen molar-refractivity contribution in [2.45, 2.75) is 162 Å². The van der Waals surface area contributed by atoms with Crippen molar-refractivity contribution in [2.75, 3.05) is 92.5 Å². The SMILES string of the molecule is CCOCCOCCOCCOCCOCCO[C@@H]1O[C@@H](CO)[C@@H](O[C@@H]2O[C@@H](CO)[C@H](O)[C@H](O[C@]3(C(=O)O)C[C@@H](O)[C@@H](NC(C)=O)[C@H]([C@H](O)[C@H](O)CO)O3)[C@@H]2O)[C@H](O[C@@H]2O[C@@H](C)[C@@H](O)[C@H](O)[C@@H]2O)[C@@H]1NC(C)=O. The van der Waals surface area contributed by atoms with Gasteiger partial charge >= 0.3 is 5.97 Å². The molecule has 0 aromatic rings. The van der Waals surface area contributed by atoms with E-state index >= 15 is 0 Å². The maximum Gasteiger partial charge on any atom is 0.364 e. The average Bonchev–Trinajstić information content (AvgIpc) is 3.35. The molecule has 4 aliphatic rings. The van der Waals surface area contributed by atoms with Crippen molar-refractivity contribution in [1.29, 1.82) is 0 Å². The minimum Gasteiger partial charge on any atom is -0.477 e. The number of aliphatic carboxylic acids is 1. The average molecular weight is 1070 g/mol. The third kappa shape index (κ3) is 17.5. The second kappa shape index (κ2) is 31.0. The van der Waals surface area contributed by atoms with Gasteiger partial charge < -0.3 is 133 Å². The number of carboxylic acid groups (broad SMARTS) is 1. The molecule has 30 nitrogen and oxygen atoms in total. The lowest BCUT2D eigenvalue weighted by molar-refractivity contribution is -0.391. The van der Waals surface area contributed by atoms with Gasteiger partial charge in [0, 0.05) is 26.9 Å². The van der Waals surface area contributed by atoms with Gasteiger partial charge in [-0.3, -0.25) is 9.59 Å². The highest BCUT2D eigenvalue weighted by molar-refractivity contribution is 5.76. The maximum atomic E-state index is 13.1. The lowest BCUT2D eigenvalue weighted by atomic mass is 9.88. The third-order valence-corrected chi connectivity index (χ3v) is 12.1. The fraction of sp³-hybridized carbons (Fsp3) is 0.930. The van der Waals surface area contributed by atoms with E-state index in [-0.39, 0.29) is 33.0 Å². The molecule has 0 aromatic carbocycles. The number of nitrogens with one attached hydrogen (secondary N) is 2. The molecule has 21 atom stereocenters. The second-order valence-corrected chi connectivity index (χ2v) is 17.5. The molecular weight excluding hydrogens is 992 g/mol. The van der Waals surface area contributed by atoms with Crippen LogP contribution in [0.3, 0.4) is 0 Å². The first kappa shape index (κ1) is 63.0. The van der Waals surface area contributed by atoms with Crippen molar-refractivity contribution in [3.05, 3.63) is 0 Å². The Hall–Kier alpha value is -2.55. The first-order chi connectivity index (χ1) is 34.7. The molecule has 4 fully saturated rings. The molecule has 0 radical (unpaired) electrons. The monoisotopic (exact) mass is 1070 g/mol. The van der Waals surface area contributed by atoms with Crippen molar-refractivity contribution < 1.29 is 137 Å². The predicted octanol–water partition coefficient (Wildman–Crippen LogP) is -8.10. The number of rotatable bonds is 31. The molecule has 0 spiro atoms. The van der Waals surface area contributed by atoms with Crippen LogP contribution >= 0.6 is 0 Å². The van der Waals surface area contributed by atoms with Crippen LogP contribution in [0.15, 0.2) is 0 Å². The Kier molecular flexibility index (Phi) is 26.7. The Morgan fingerprint density at radius 2 is 1.12 bits per heavy atom. The molecule has 4 rings (SSSR count). The maximum absolute atomic E-state index is 13.1. The van der Waals surface area contributed by atoms with Crippen LogP contribution in [0, 0.1) is 0 Å². The van der Waals surface area contributed by atoms with Gasteiger partial charge in [-0.1, -0.05) is 0 Å². The van der Waals surface area contributed by atoms with Crippen LogP contribution in [0.5, 0.6) is 0 Å². The standard InChI is InChI=1S/C43H76N2O28/c1-5-61-6-7-62-8-9-63-10-11-64-12-13-65-14-15-66-39-28(45-22(4)50)37(71-40-33(57)32(56)29(53)20(2)67-40)35(26(19-48)69-39)70-41-34(58)38(31(55)25(18-47)68-41)73-43(42(59)60)16-23(51)27(44-21(3)49)36(72-43)30(54)24(52)17-46/h20,23-41,46-48,51-58H,5-19H2,1-4H3,(H,44,49)(H,45,50)(H,59,60)/t20-,23+,24+,25-,26-,27+,28-,29+,30+,31-,32-,33-,34-,35+,36+,37+,38-,39+,40-,41-,43-/m0/s1. The molecule has 2 amide bonds. The number of hydrogen-bond donors (Lipinski definition) is 14. The van der Waals surface area contributed by atoms with Crippen molar-refractivity contribution in [3.8, 4) is 0 Å². The molecule has 14 N–H and O–H groups in total. The van der Waals surface area contributed by atoms with Gasteiger partial charge in [-0.15, -0.1) is 0 Å². The first-order valence-corrected chi connectivity index (χ1v) is 23.9. The second-order valence-electron chi connectivity index (χ2n) is 17.5. The van der Waals surface area contributed by atoms with Gasteiger partial charge in [-0.25, -0.2) is 4.79 Å². The number of amides is 2. The Bertz CT molecular complexity index is 1630. The molecular formula is C43H76N2O28. The molecule has 426 valence electrons. The van der Waals surface area contributed by atoms with Gasteiger partial charge in [-0.2, -0.15) is 0 Å². The van der Waals surface area contributed by atoms with Crippen LogP contribution < -0.4 is 10.6 Å². The van der Waals surface area contributed by atoms with E-state index in [4.69, 9.17) is 61.6 Å². The highest BCUT2D eigenvalue weighted by Gasteiger charge is 2.61. The van der Waals surface area contributed by atoms with Gasteiger partial charge in [0.25, 0.3) is 5.79 Å². The van der Waals surface area contributed by atoms with E-state index in [0.29, 0.717) is 39.6 Å². The molecule has 30 heteroatoms. The summed E-state index contributed by atoms with van der Waals surface area (Å²) in [4.78, 5) is 38.0. The summed E-state index contributed by atoms with van der Waals surface area (Å²) in [5.41, 5.74) is 0. The van der Waals surface area contributed by atoms with Crippen molar-refractivity contribution in [2.24, 2.45) is 0 Å². The molecule has 73 heavy (non-hydrogen) atoms. The van der Waals surface area contributed by atoms with Gasteiger partial charge in [0.1, 0.15) is 85.4 Å². The number of ether oxygens (including phenoxy) is 13. The molecule has 0 aliphatic carbocycles. The van der Waals surface area contributed by atoms with E-state index in [0.717, 1.165) is 13.8 Å². The zero-order valence-corrected chi connectivity index (χ0v) is 41.1. The highest BCUT2D eigenvalue weighted by atomic mass is 16.8. The summed E-state index contributed by atoms with van der Waals surface area (Å²) in [5, 5.41) is 134. The zero-order chi connectivity index (χ0) is 54.0. The summed E-state index contributed by atoms with van der Waals surface area (Å²) >= 11 is 0. The van der Waals surface area contributed by atoms with E-state index in [1.807, 2.05) is 6.92 Å². The fourth-order valence-corrected chi connectivity index (χ4v) is 8.36. The van der Waals surface area contributed by atoms with Crippen molar-refractivity contribution in [1.82, 2.24) is 10.6 Å². The van der Waals surface area contributed by atoms with E-state index < -0.39 is 172 Å². The van der Waals surface area contributed by atoms with E-state index in [1.54, 1.807) is 0 Å². The molecule has 0 saturated carbocycles. The first-order valence-electron chi connectivity index (χ1n) is 23.9. The van der Waals surface area contributed by atoms with E-state index in [2.05, 4.69) is 10.6 Å². The Balaban J connectivity index is 1.56. The number of carbonyl (C=O) groups excluding carboxylic acids is 2. The zero-order valence-electron chi connectivity index (χ0n) is 41.1. The topological polar surface area (TPSA) is 438 Å². The minimum absolute atomic E-state index is 0.0601. The van der Waals surface area contributed by atoms with Crippen LogP contribution in [0.1, 0.15) is 34.1 Å². The summed E-state index contributed by atoms with van der Waals surface area (Å²) in [6, 6.07) is -3.11. The van der Waals surface area contributed by atoms with E-state index in [1.165, 1.54) is 6.92 Å². The van der Waals surface area contributed by atoms with Crippen LogP contribution in [0.4, 0.5) is 0 Å². The lowest BCUT2D eigenvalue weighted by Gasteiger charge is -2.51. The molecule has 4 saturated heterocycles. The van der Waals surface area contributed by atoms with Crippen LogP contribution in [-0.2, 0) is 76.0 Å². The predicted molar refractivity (Wildman–Crippen MR) is 236 cm³/mol. The Morgan fingerprint density at radius 1 is 0.616 bits per heavy atom. The number of aliphatic hydroxyl groups excluding tert-OH is 11. The van der Waals surface area contributed by atoms with Crippen molar-refractivity contribution >= 4 is 17.8 Å². The molecule has 0 bridgehead atoms. The van der Waals surface area contributed by atoms with Crippen molar-refractivity contribution in [3.63, 3.8) is 0 Å². The summed E-state index contributed by atoms with van der Waals surface area (Å²) in [6.45, 7) is 5.25. The number of carboxylic acids is 1. The van der Waals surface area contributed by atoms with Gasteiger partial charge in [0.2, 0.25) is 11.8 Å². The van der Waals surface area contributed by atoms with E-state index in [9.17, 15) is 75.7 Å². The van der Waals surface area contributed by atoms with Gasteiger partial charge in [-0.05, 0) is 13.8 Å². The van der Waals surface area contributed by atoms with Gasteiger partial charge in [0.05, 0.1) is 104 Å². The van der Waals surface area contributed by atoms with Gasteiger partial charge in [0.15, 0.2) is 18.9 Å². The van der Waals surface area contributed by atoms with Crippen LogP contribution in [-0.4, -0.2) is 300 Å². The number of aliphatic hydroxyl groups is 11. The normalized spacial score (nSPS) is 37.8. The summed E-state index contributed by atoms with van der Waals surface area (Å²) in [6.07, 6.45) is -34.9. The Morgan fingerprint density at radius 3 is 1.64 bits per heavy atom. The third-order valence-electron chi connectivity index (χ3n) is 12.1. The highest BCUT2D eigenvalue weighted by Crippen LogP contribution is 2.39. The minimum atomic E-state index is -3.14. The molecule has 4 heterocycles. The molecule has 4 aliphatic heterocycles. The summed E-state index contributed by atoms with van der Waals surface area (Å²) in [7, 11) is 0. The lowest BCUT2D eigenvalue weighted by Crippen LogP contribution is -2.71. The van der Waals surface area contributed by atoms with Crippen LogP contribution in [0.2, 0.25) is 0 Å². The quantitative estimate of drug-likeness (QED) is 0.0287.